The first kappa shape index (κ1) is 19.0. The van der Waals surface area contributed by atoms with Gasteiger partial charge in [-0.2, -0.15) is 0 Å². The third-order valence-electron chi connectivity index (χ3n) is 4.25. The third-order valence-corrected chi connectivity index (χ3v) is 4.25. The van der Waals surface area contributed by atoms with Crippen molar-refractivity contribution in [3.8, 4) is 17.2 Å². The molecule has 6 nitrogen and oxygen atoms in total. The first-order chi connectivity index (χ1) is 13.3. The summed E-state index contributed by atoms with van der Waals surface area (Å²) in [4.78, 5) is 12.4. The summed E-state index contributed by atoms with van der Waals surface area (Å²) in [6, 6.07) is 15.0. The molecule has 1 atom stereocenters. The molecule has 1 unspecified atom stereocenters. The van der Waals surface area contributed by atoms with Gasteiger partial charge in [-0.3, -0.25) is 4.79 Å². The number of carbonyl (C=O) groups excluding carboxylic acids is 1. The standard InChI is InChI=1S/C21H26N2O4/c1-2-25-20-14-16(21(24)23-17-10-11-22-15-17)8-9-19(20)27-13-12-26-18-6-4-3-5-7-18/h3-9,14,17,22H,2,10-13,15H2,1H3,(H,23,24). The highest BCUT2D eigenvalue weighted by atomic mass is 16.5. The number of nitrogens with one attached hydrogen (secondary N) is 2. The topological polar surface area (TPSA) is 68.8 Å². The average molecular weight is 370 g/mol. The van der Waals surface area contributed by atoms with E-state index in [0.29, 0.717) is 36.9 Å². The van der Waals surface area contributed by atoms with E-state index in [0.717, 1.165) is 25.3 Å². The Morgan fingerprint density at radius 3 is 2.63 bits per heavy atom. The summed E-state index contributed by atoms with van der Waals surface area (Å²) in [6.45, 7) is 4.95. The fraction of sp³-hybridized carbons (Fsp3) is 0.381. The van der Waals surface area contributed by atoms with Gasteiger partial charge in [-0.1, -0.05) is 18.2 Å². The molecule has 2 aromatic rings. The van der Waals surface area contributed by atoms with Gasteiger partial charge in [-0.25, -0.2) is 0 Å². The maximum atomic E-state index is 12.4. The van der Waals surface area contributed by atoms with Crippen molar-refractivity contribution >= 4 is 5.91 Å². The van der Waals surface area contributed by atoms with Crippen molar-refractivity contribution in [3.63, 3.8) is 0 Å². The van der Waals surface area contributed by atoms with Crippen molar-refractivity contribution in [2.45, 2.75) is 19.4 Å². The lowest BCUT2D eigenvalue weighted by Crippen LogP contribution is -2.36. The molecule has 1 heterocycles. The van der Waals surface area contributed by atoms with Crippen LogP contribution in [-0.4, -0.2) is 44.9 Å². The second kappa shape index (κ2) is 9.83. The lowest BCUT2D eigenvalue weighted by molar-refractivity contribution is 0.0939. The summed E-state index contributed by atoms with van der Waals surface area (Å²) in [5.41, 5.74) is 0.568. The Bertz CT molecular complexity index is 730. The Labute approximate surface area is 159 Å². The van der Waals surface area contributed by atoms with Crippen molar-refractivity contribution in [2.75, 3.05) is 32.9 Å². The molecule has 1 amide bonds. The van der Waals surface area contributed by atoms with Crippen LogP contribution in [0.1, 0.15) is 23.7 Å². The normalized spacial score (nSPS) is 16.0. The lowest BCUT2D eigenvalue weighted by atomic mass is 10.1. The second-order valence-corrected chi connectivity index (χ2v) is 6.27. The molecule has 0 spiro atoms. The zero-order valence-electron chi connectivity index (χ0n) is 15.6. The Morgan fingerprint density at radius 1 is 1.07 bits per heavy atom. The maximum absolute atomic E-state index is 12.4. The molecular formula is C21H26N2O4. The van der Waals surface area contributed by atoms with Crippen LogP contribution in [0, 0.1) is 0 Å². The SMILES string of the molecule is CCOc1cc(C(=O)NC2CCNC2)ccc1OCCOc1ccccc1. The molecule has 2 N–H and O–H groups in total. The Morgan fingerprint density at radius 2 is 1.89 bits per heavy atom. The highest BCUT2D eigenvalue weighted by molar-refractivity contribution is 5.95. The smallest absolute Gasteiger partial charge is 0.251 e. The van der Waals surface area contributed by atoms with Crippen LogP contribution < -0.4 is 24.8 Å². The van der Waals surface area contributed by atoms with Gasteiger partial charge in [0.2, 0.25) is 0 Å². The minimum Gasteiger partial charge on any atom is -0.490 e. The number of rotatable bonds is 9. The van der Waals surface area contributed by atoms with Gasteiger partial charge < -0.3 is 24.8 Å². The predicted octanol–water partition coefficient (Wildman–Crippen LogP) is 2.63. The molecule has 1 saturated heterocycles. The van der Waals surface area contributed by atoms with Crippen LogP contribution in [-0.2, 0) is 0 Å². The summed E-state index contributed by atoms with van der Waals surface area (Å²) in [5, 5.41) is 6.28. The minimum absolute atomic E-state index is 0.0939. The van der Waals surface area contributed by atoms with Crippen LogP contribution in [0.3, 0.4) is 0 Å². The monoisotopic (exact) mass is 370 g/mol. The summed E-state index contributed by atoms with van der Waals surface area (Å²) in [5.74, 6) is 1.88. The quantitative estimate of drug-likeness (QED) is 0.664. The number of para-hydroxylation sites is 1. The van der Waals surface area contributed by atoms with Gasteiger partial charge in [0.15, 0.2) is 11.5 Å². The zero-order valence-corrected chi connectivity index (χ0v) is 15.6. The van der Waals surface area contributed by atoms with E-state index in [1.165, 1.54) is 0 Å². The molecule has 1 aliphatic rings. The molecule has 1 aliphatic heterocycles. The highest BCUT2D eigenvalue weighted by Crippen LogP contribution is 2.28. The van der Waals surface area contributed by atoms with Crippen LogP contribution in [0.5, 0.6) is 17.2 Å². The first-order valence-electron chi connectivity index (χ1n) is 9.35. The van der Waals surface area contributed by atoms with Crippen LogP contribution in [0.4, 0.5) is 0 Å². The van der Waals surface area contributed by atoms with E-state index >= 15 is 0 Å². The molecular weight excluding hydrogens is 344 g/mol. The van der Waals surface area contributed by atoms with Crippen molar-refractivity contribution in [2.24, 2.45) is 0 Å². The third kappa shape index (κ3) is 5.62. The summed E-state index contributed by atoms with van der Waals surface area (Å²) in [6.07, 6.45) is 0.951. The number of benzene rings is 2. The van der Waals surface area contributed by atoms with Crippen molar-refractivity contribution in [3.05, 3.63) is 54.1 Å². The largest absolute Gasteiger partial charge is 0.490 e. The van der Waals surface area contributed by atoms with Crippen LogP contribution >= 0.6 is 0 Å². The molecule has 0 radical (unpaired) electrons. The van der Waals surface area contributed by atoms with Crippen LogP contribution in [0.2, 0.25) is 0 Å². The fourth-order valence-electron chi connectivity index (χ4n) is 2.91. The predicted molar refractivity (Wildman–Crippen MR) is 104 cm³/mol. The van der Waals surface area contributed by atoms with E-state index in [9.17, 15) is 4.79 Å². The van der Waals surface area contributed by atoms with E-state index in [4.69, 9.17) is 14.2 Å². The Hall–Kier alpha value is -2.73. The van der Waals surface area contributed by atoms with E-state index in [1.807, 2.05) is 37.3 Å². The van der Waals surface area contributed by atoms with E-state index in [-0.39, 0.29) is 11.9 Å². The van der Waals surface area contributed by atoms with Crippen molar-refractivity contribution < 1.29 is 19.0 Å². The Balaban J connectivity index is 1.56. The number of amides is 1. The maximum Gasteiger partial charge on any atom is 0.251 e. The van der Waals surface area contributed by atoms with Crippen LogP contribution in [0.25, 0.3) is 0 Å². The van der Waals surface area contributed by atoms with Gasteiger partial charge in [0.05, 0.1) is 6.61 Å². The second-order valence-electron chi connectivity index (χ2n) is 6.27. The highest BCUT2D eigenvalue weighted by Gasteiger charge is 2.18. The van der Waals surface area contributed by atoms with Gasteiger partial charge in [0, 0.05) is 18.2 Å². The lowest BCUT2D eigenvalue weighted by Gasteiger charge is -2.15. The average Bonchev–Trinajstić information content (AvgIpc) is 3.20. The van der Waals surface area contributed by atoms with Gasteiger partial charge in [0.1, 0.15) is 19.0 Å². The van der Waals surface area contributed by atoms with Crippen molar-refractivity contribution in [1.29, 1.82) is 0 Å². The fourth-order valence-corrected chi connectivity index (χ4v) is 2.91. The van der Waals surface area contributed by atoms with E-state index in [1.54, 1.807) is 18.2 Å². The summed E-state index contributed by atoms with van der Waals surface area (Å²) in [7, 11) is 0. The van der Waals surface area contributed by atoms with E-state index in [2.05, 4.69) is 10.6 Å². The first-order valence-corrected chi connectivity index (χ1v) is 9.35. The molecule has 3 rings (SSSR count). The number of ether oxygens (including phenoxy) is 3. The minimum atomic E-state index is -0.0939. The number of hydrogen-bond acceptors (Lipinski definition) is 5. The molecule has 1 fully saturated rings. The number of carbonyl (C=O) groups is 1. The van der Waals surface area contributed by atoms with Crippen LogP contribution in [0.15, 0.2) is 48.5 Å². The zero-order chi connectivity index (χ0) is 18.9. The molecule has 2 aromatic carbocycles. The summed E-state index contributed by atoms with van der Waals surface area (Å²) < 4.78 is 17.1. The molecule has 0 aromatic heterocycles. The Kier molecular flexibility index (Phi) is 6.93. The van der Waals surface area contributed by atoms with Gasteiger partial charge in [-0.15, -0.1) is 0 Å². The van der Waals surface area contributed by atoms with E-state index < -0.39 is 0 Å². The molecule has 0 aliphatic carbocycles. The molecule has 6 heteroatoms. The number of hydrogen-bond donors (Lipinski definition) is 2. The molecule has 0 bridgehead atoms. The molecule has 0 saturated carbocycles. The van der Waals surface area contributed by atoms with Gasteiger partial charge in [-0.05, 0) is 50.2 Å². The van der Waals surface area contributed by atoms with Gasteiger partial charge in [0.25, 0.3) is 5.91 Å². The summed E-state index contributed by atoms with van der Waals surface area (Å²) >= 11 is 0. The van der Waals surface area contributed by atoms with Crippen molar-refractivity contribution in [1.82, 2.24) is 10.6 Å². The van der Waals surface area contributed by atoms with Gasteiger partial charge >= 0.3 is 0 Å². The molecule has 27 heavy (non-hydrogen) atoms. The molecule has 144 valence electrons.